The van der Waals surface area contributed by atoms with Gasteiger partial charge in [-0.3, -0.25) is 4.79 Å². The van der Waals surface area contributed by atoms with E-state index in [2.05, 4.69) is 5.32 Å². The molecule has 0 bridgehead atoms. The largest absolute Gasteiger partial charge is 0.394 e. The lowest BCUT2D eigenvalue weighted by Crippen LogP contribution is -2.67. The predicted octanol–water partition coefficient (Wildman–Crippen LogP) is -5.25. The van der Waals surface area contributed by atoms with Gasteiger partial charge in [0.2, 0.25) is 5.91 Å². The molecule has 0 radical (unpaired) electrons. The van der Waals surface area contributed by atoms with Crippen LogP contribution >= 0.6 is 0 Å². The number of rotatable bonds is 5. The van der Waals surface area contributed by atoms with E-state index in [0.29, 0.717) is 0 Å². The number of carbonyl (C=O) groups is 1. The molecule has 0 saturated carbocycles. The lowest BCUT2D eigenvalue weighted by molar-refractivity contribution is -0.348. The van der Waals surface area contributed by atoms with Crippen molar-refractivity contribution in [2.75, 3.05) is 13.2 Å². The molecule has 0 aromatic rings. The first-order valence-electron chi connectivity index (χ1n) is 8.06. The third kappa shape index (κ3) is 4.31. The number of hydrogen-bond acceptors (Lipinski definition) is 11. The van der Waals surface area contributed by atoms with Gasteiger partial charge in [0.15, 0.2) is 12.6 Å². The van der Waals surface area contributed by atoms with Crippen molar-refractivity contribution in [2.24, 2.45) is 0 Å². The Morgan fingerprint density at radius 2 is 1.46 bits per heavy atom. The van der Waals surface area contributed by atoms with Crippen LogP contribution in [-0.4, -0.2) is 116 Å². The summed E-state index contributed by atoms with van der Waals surface area (Å²) >= 11 is 0. The molecule has 0 aromatic heterocycles. The average molecular weight is 383 g/mol. The van der Waals surface area contributed by atoms with Crippen molar-refractivity contribution in [3.8, 4) is 0 Å². The Kier molecular flexibility index (Phi) is 7.27. The summed E-state index contributed by atoms with van der Waals surface area (Å²) in [6.45, 7) is -0.183. The summed E-state index contributed by atoms with van der Waals surface area (Å²) in [6, 6.07) is -1.29. The summed E-state index contributed by atoms with van der Waals surface area (Å²) in [5, 5.41) is 70.7. The maximum absolute atomic E-state index is 11.4. The summed E-state index contributed by atoms with van der Waals surface area (Å²) in [7, 11) is 0. The molecule has 12 nitrogen and oxygen atoms in total. The average Bonchev–Trinajstić information content (AvgIpc) is 2.60. The van der Waals surface area contributed by atoms with Crippen LogP contribution in [0.5, 0.6) is 0 Å². The van der Waals surface area contributed by atoms with Crippen LogP contribution in [0.25, 0.3) is 0 Å². The Hall–Kier alpha value is -0.930. The molecule has 0 aliphatic carbocycles. The molecular weight excluding hydrogens is 358 g/mol. The van der Waals surface area contributed by atoms with Gasteiger partial charge in [0.1, 0.15) is 48.8 Å². The van der Waals surface area contributed by atoms with E-state index in [1.165, 1.54) is 0 Å². The zero-order valence-corrected chi connectivity index (χ0v) is 14.0. The molecule has 2 rings (SSSR count). The zero-order valence-electron chi connectivity index (χ0n) is 14.0. The van der Waals surface area contributed by atoms with Gasteiger partial charge in [-0.2, -0.15) is 0 Å². The summed E-state index contributed by atoms with van der Waals surface area (Å²) in [5.74, 6) is -0.581. The third-order valence-electron chi connectivity index (χ3n) is 4.38. The van der Waals surface area contributed by atoms with Crippen molar-refractivity contribution in [1.82, 2.24) is 5.32 Å². The second kappa shape index (κ2) is 8.84. The fourth-order valence-corrected chi connectivity index (χ4v) is 2.96. The van der Waals surface area contributed by atoms with E-state index in [-0.39, 0.29) is 0 Å². The minimum atomic E-state index is -1.76. The molecule has 152 valence electrons. The minimum Gasteiger partial charge on any atom is -0.394 e. The van der Waals surface area contributed by atoms with E-state index >= 15 is 0 Å². The van der Waals surface area contributed by atoms with Crippen LogP contribution in [0.15, 0.2) is 0 Å². The van der Waals surface area contributed by atoms with Gasteiger partial charge in [0, 0.05) is 6.92 Å². The van der Waals surface area contributed by atoms with Crippen LogP contribution in [0.2, 0.25) is 0 Å². The molecule has 2 saturated heterocycles. The Balaban J connectivity index is 2.18. The van der Waals surface area contributed by atoms with Crippen molar-refractivity contribution >= 4 is 5.91 Å². The van der Waals surface area contributed by atoms with Crippen LogP contribution < -0.4 is 5.32 Å². The SMILES string of the molecule is CC(=O)NC1C(OC2C(O)OC(CO)C(O)C2O)OC(CO)C(O)C1O. The topological polar surface area (TPSA) is 198 Å². The van der Waals surface area contributed by atoms with Crippen molar-refractivity contribution in [2.45, 2.75) is 68.3 Å². The second-order valence-corrected chi connectivity index (χ2v) is 6.26. The first kappa shape index (κ1) is 21.4. The van der Waals surface area contributed by atoms with Crippen molar-refractivity contribution in [3.05, 3.63) is 0 Å². The molecule has 2 fully saturated rings. The minimum absolute atomic E-state index is 0.581. The Morgan fingerprint density at radius 3 is 2.00 bits per heavy atom. The van der Waals surface area contributed by atoms with Crippen LogP contribution in [-0.2, 0) is 19.0 Å². The van der Waals surface area contributed by atoms with Gasteiger partial charge >= 0.3 is 0 Å². The zero-order chi connectivity index (χ0) is 19.6. The lowest BCUT2D eigenvalue weighted by atomic mass is 9.96. The molecule has 1 amide bonds. The standard InChI is InChI=1S/C14H25NO11/c1-4(18)15-7-10(21)8(19)6(3-17)25-14(7)26-12-11(22)9(20)5(2-16)24-13(12)23/h5-14,16-17,19-23H,2-3H2,1H3,(H,15,18). The highest BCUT2D eigenvalue weighted by atomic mass is 16.7. The number of carbonyl (C=O) groups excluding carboxylic acids is 1. The van der Waals surface area contributed by atoms with E-state index in [1.54, 1.807) is 0 Å². The highest BCUT2D eigenvalue weighted by Crippen LogP contribution is 2.28. The number of aliphatic hydroxyl groups is 7. The first-order chi connectivity index (χ1) is 12.2. The Morgan fingerprint density at radius 1 is 0.923 bits per heavy atom. The second-order valence-electron chi connectivity index (χ2n) is 6.26. The molecule has 0 spiro atoms. The van der Waals surface area contributed by atoms with Gasteiger partial charge in [-0.1, -0.05) is 0 Å². The van der Waals surface area contributed by atoms with Crippen molar-refractivity contribution in [3.63, 3.8) is 0 Å². The van der Waals surface area contributed by atoms with Crippen LogP contribution in [0, 0.1) is 0 Å². The van der Waals surface area contributed by atoms with Crippen LogP contribution in [0.3, 0.4) is 0 Å². The first-order valence-corrected chi connectivity index (χ1v) is 8.06. The molecule has 8 N–H and O–H groups in total. The van der Waals surface area contributed by atoms with Gasteiger partial charge in [-0.15, -0.1) is 0 Å². The van der Waals surface area contributed by atoms with E-state index in [1.807, 2.05) is 0 Å². The number of amides is 1. The monoisotopic (exact) mass is 383 g/mol. The summed E-state index contributed by atoms with van der Waals surface area (Å²) < 4.78 is 15.7. The third-order valence-corrected chi connectivity index (χ3v) is 4.38. The number of nitrogens with one attached hydrogen (secondary N) is 1. The van der Waals surface area contributed by atoms with Crippen molar-refractivity contribution < 1.29 is 54.8 Å². The molecular formula is C14H25NO11. The summed E-state index contributed by atoms with van der Waals surface area (Å²) in [4.78, 5) is 11.4. The normalized spacial score (nSPS) is 46.8. The predicted molar refractivity (Wildman–Crippen MR) is 80.2 cm³/mol. The number of ether oxygens (including phenoxy) is 3. The molecule has 10 unspecified atom stereocenters. The molecule has 12 heteroatoms. The lowest BCUT2D eigenvalue weighted by Gasteiger charge is -2.46. The van der Waals surface area contributed by atoms with E-state index in [0.717, 1.165) is 6.92 Å². The molecule has 10 atom stereocenters. The van der Waals surface area contributed by atoms with Gasteiger partial charge in [-0.25, -0.2) is 0 Å². The summed E-state index contributed by atoms with van der Waals surface area (Å²) in [5.41, 5.74) is 0. The quantitative estimate of drug-likeness (QED) is 0.226. The van der Waals surface area contributed by atoms with E-state index < -0.39 is 80.5 Å². The molecule has 2 aliphatic rings. The maximum atomic E-state index is 11.4. The number of hydrogen-bond donors (Lipinski definition) is 8. The molecule has 0 aromatic carbocycles. The molecule has 26 heavy (non-hydrogen) atoms. The van der Waals surface area contributed by atoms with E-state index in [9.17, 15) is 35.4 Å². The van der Waals surface area contributed by atoms with Gasteiger partial charge in [0.25, 0.3) is 0 Å². The fraction of sp³-hybridized carbons (Fsp3) is 0.929. The summed E-state index contributed by atoms with van der Waals surface area (Å²) in [6.07, 6.45) is -13.7. The maximum Gasteiger partial charge on any atom is 0.217 e. The highest BCUT2D eigenvalue weighted by molar-refractivity contribution is 5.73. The van der Waals surface area contributed by atoms with Gasteiger partial charge in [0.05, 0.1) is 13.2 Å². The van der Waals surface area contributed by atoms with E-state index in [4.69, 9.17) is 19.3 Å². The Labute approximate surface area is 148 Å². The molecule has 2 aliphatic heterocycles. The van der Waals surface area contributed by atoms with Crippen LogP contribution in [0.1, 0.15) is 6.92 Å². The smallest absolute Gasteiger partial charge is 0.217 e. The van der Waals surface area contributed by atoms with Crippen LogP contribution in [0.4, 0.5) is 0 Å². The fourth-order valence-electron chi connectivity index (χ4n) is 2.96. The number of aliphatic hydroxyl groups excluding tert-OH is 7. The Bertz CT molecular complexity index is 480. The van der Waals surface area contributed by atoms with Crippen molar-refractivity contribution in [1.29, 1.82) is 0 Å². The van der Waals surface area contributed by atoms with Gasteiger partial charge < -0.3 is 55.3 Å². The molecule has 2 heterocycles. The van der Waals surface area contributed by atoms with Gasteiger partial charge in [-0.05, 0) is 0 Å². The highest BCUT2D eigenvalue weighted by Gasteiger charge is 2.50.